The first-order valence-corrected chi connectivity index (χ1v) is 10.8. The lowest BCUT2D eigenvalue weighted by molar-refractivity contribution is -0.134. The molecule has 1 aromatic heterocycles. The highest BCUT2D eigenvalue weighted by molar-refractivity contribution is 6.31. The predicted molar refractivity (Wildman–Crippen MR) is 111 cm³/mol. The van der Waals surface area contributed by atoms with Crippen molar-refractivity contribution in [1.82, 2.24) is 14.8 Å². The van der Waals surface area contributed by atoms with E-state index in [0.717, 1.165) is 42.2 Å². The zero-order valence-electron chi connectivity index (χ0n) is 16.7. The van der Waals surface area contributed by atoms with Crippen LogP contribution in [0.5, 0.6) is 0 Å². The lowest BCUT2D eigenvalue weighted by Gasteiger charge is -2.37. The van der Waals surface area contributed by atoms with Crippen LogP contribution in [-0.4, -0.2) is 53.0 Å². The van der Waals surface area contributed by atoms with E-state index in [9.17, 15) is 9.18 Å². The number of likely N-dealkylation sites (tertiary alicyclic amines) is 1. The quantitative estimate of drug-likeness (QED) is 0.781. The summed E-state index contributed by atoms with van der Waals surface area (Å²) < 4.78 is 13.4. The Hall–Kier alpha value is -1.59. The maximum Gasteiger partial charge on any atom is 0.224 e. The zero-order chi connectivity index (χ0) is 19.8. The molecule has 2 aromatic rings. The average Bonchev–Trinajstić information content (AvgIpc) is 3.23. The molecule has 0 radical (unpaired) electrons. The van der Waals surface area contributed by atoms with Crippen LogP contribution in [0.25, 0.3) is 10.9 Å². The van der Waals surface area contributed by atoms with Crippen molar-refractivity contribution < 1.29 is 9.18 Å². The Balaban J connectivity index is 1.56. The maximum atomic E-state index is 13.4. The van der Waals surface area contributed by atoms with Crippen molar-refractivity contribution >= 4 is 28.4 Å². The molecule has 0 saturated carbocycles. The topological polar surface area (TPSA) is 39.3 Å². The number of benzene rings is 1. The van der Waals surface area contributed by atoms with Gasteiger partial charge in [0.1, 0.15) is 6.17 Å². The van der Waals surface area contributed by atoms with E-state index in [1.54, 1.807) is 0 Å². The summed E-state index contributed by atoms with van der Waals surface area (Å²) in [6.45, 7) is 7.00. The smallest absolute Gasteiger partial charge is 0.224 e. The predicted octanol–water partition coefficient (Wildman–Crippen LogP) is 4.73. The molecule has 2 aliphatic heterocycles. The second-order valence-electron chi connectivity index (χ2n) is 8.63. The maximum absolute atomic E-state index is 13.4. The average molecular weight is 406 g/mol. The number of carbonyl (C=O) groups excluding carboxylic acids is 1. The van der Waals surface area contributed by atoms with E-state index in [1.807, 2.05) is 23.1 Å². The van der Waals surface area contributed by atoms with Crippen molar-refractivity contribution in [1.29, 1.82) is 0 Å². The van der Waals surface area contributed by atoms with E-state index in [1.165, 1.54) is 10.9 Å². The van der Waals surface area contributed by atoms with Gasteiger partial charge in [0.15, 0.2) is 0 Å². The summed E-state index contributed by atoms with van der Waals surface area (Å²) in [5.41, 5.74) is 3.55. The fourth-order valence-electron chi connectivity index (χ4n) is 4.71. The number of hydrogen-bond acceptors (Lipinski definition) is 2. The van der Waals surface area contributed by atoms with Gasteiger partial charge in [-0.3, -0.25) is 9.69 Å². The van der Waals surface area contributed by atoms with Gasteiger partial charge in [0.25, 0.3) is 0 Å². The molecule has 2 unspecified atom stereocenters. The first kappa shape index (κ1) is 19.7. The fraction of sp³-hybridized carbons (Fsp3) is 0.591. The summed E-state index contributed by atoms with van der Waals surface area (Å²) in [5.74, 6) is 0.655. The number of aromatic amines is 1. The first-order chi connectivity index (χ1) is 13.4. The number of amides is 1. The van der Waals surface area contributed by atoms with Gasteiger partial charge in [0.2, 0.25) is 5.91 Å². The molecule has 3 heterocycles. The molecule has 0 spiro atoms. The molecule has 4 rings (SSSR count). The molecule has 152 valence electrons. The number of carbonyl (C=O) groups is 1. The molecule has 4 nitrogen and oxygen atoms in total. The summed E-state index contributed by atoms with van der Waals surface area (Å²) in [7, 11) is 0. The minimum Gasteiger partial charge on any atom is -0.356 e. The Labute approximate surface area is 171 Å². The van der Waals surface area contributed by atoms with Crippen LogP contribution in [0.2, 0.25) is 5.02 Å². The van der Waals surface area contributed by atoms with Gasteiger partial charge in [-0.2, -0.15) is 0 Å². The molecule has 1 aromatic carbocycles. The summed E-state index contributed by atoms with van der Waals surface area (Å²) in [5, 5.41) is 1.92. The molecule has 1 N–H and O–H groups in total. The Bertz CT molecular complexity index is 865. The van der Waals surface area contributed by atoms with Gasteiger partial charge < -0.3 is 9.88 Å². The van der Waals surface area contributed by atoms with Crippen LogP contribution in [-0.2, 0) is 11.2 Å². The van der Waals surface area contributed by atoms with Crippen LogP contribution < -0.4 is 0 Å². The van der Waals surface area contributed by atoms with Crippen molar-refractivity contribution in [2.75, 3.05) is 26.2 Å². The van der Waals surface area contributed by atoms with Crippen LogP contribution in [0.1, 0.15) is 50.4 Å². The van der Waals surface area contributed by atoms with Crippen LogP contribution in [0.3, 0.4) is 0 Å². The Morgan fingerprint density at radius 1 is 1.36 bits per heavy atom. The van der Waals surface area contributed by atoms with E-state index < -0.39 is 6.17 Å². The van der Waals surface area contributed by atoms with Gasteiger partial charge in [-0.15, -0.1) is 0 Å². The van der Waals surface area contributed by atoms with Crippen molar-refractivity contribution in [3.05, 3.63) is 34.5 Å². The molecule has 0 bridgehead atoms. The van der Waals surface area contributed by atoms with Gasteiger partial charge in [-0.25, -0.2) is 4.39 Å². The zero-order valence-corrected chi connectivity index (χ0v) is 17.4. The summed E-state index contributed by atoms with van der Waals surface area (Å²) in [4.78, 5) is 20.8. The molecule has 6 heteroatoms. The minimum atomic E-state index is -0.737. The minimum absolute atomic E-state index is 0.0647. The molecule has 2 aliphatic rings. The number of rotatable bonds is 5. The molecular formula is C22H29ClFN3O. The number of H-pyrrole nitrogens is 1. The van der Waals surface area contributed by atoms with Crippen molar-refractivity contribution in [2.45, 2.75) is 51.7 Å². The van der Waals surface area contributed by atoms with Crippen molar-refractivity contribution in [3.8, 4) is 0 Å². The van der Waals surface area contributed by atoms with Gasteiger partial charge in [0.05, 0.1) is 6.04 Å². The molecule has 28 heavy (non-hydrogen) atoms. The van der Waals surface area contributed by atoms with Crippen LogP contribution in [0.15, 0.2) is 18.2 Å². The van der Waals surface area contributed by atoms with Gasteiger partial charge in [0, 0.05) is 54.2 Å². The van der Waals surface area contributed by atoms with E-state index in [4.69, 9.17) is 11.6 Å². The van der Waals surface area contributed by atoms with E-state index in [-0.39, 0.29) is 11.9 Å². The SMILES string of the molecule is CC(C)CC1c2[nH]c3ccc(Cl)cc3c2CCN1C(=O)CCN1CCC(F)C1. The lowest BCUT2D eigenvalue weighted by Crippen LogP contribution is -2.41. The van der Waals surface area contributed by atoms with E-state index >= 15 is 0 Å². The second kappa shape index (κ2) is 8.03. The second-order valence-corrected chi connectivity index (χ2v) is 9.06. The third-order valence-corrected chi connectivity index (χ3v) is 6.32. The molecular weight excluding hydrogens is 377 g/mol. The monoisotopic (exact) mass is 405 g/mol. The number of nitrogens with one attached hydrogen (secondary N) is 1. The standard InChI is InChI=1S/C22H29ClFN3O/c1-14(2)11-20-22-17(18-12-15(23)3-4-19(18)25-22)6-10-27(20)21(28)7-9-26-8-5-16(24)13-26/h3-4,12,14,16,20,25H,5-11,13H2,1-2H3. The van der Waals surface area contributed by atoms with Gasteiger partial charge in [-0.05, 0) is 48.9 Å². The molecule has 1 fully saturated rings. The first-order valence-electron chi connectivity index (χ1n) is 10.4. The number of halogens is 2. The van der Waals surface area contributed by atoms with E-state index in [0.29, 0.717) is 31.8 Å². The van der Waals surface area contributed by atoms with Crippen LogP contribution in [0.4, 0.5) is 4.39 Å². The Morgan fingerprint density at radius 3 is 2.89 bits per heavy atom. The van der Waals surface area contributed by atoms with Crippen LogP contribution >= 0.6 is 11.6 Å². The lowest BCUT2D eigenvalue weighted by atomic mass is 9.91. The fourth-order valence-corrected chi connectivity index (χ4v) is 4.89. The number of hydrogen-bond donors (Lipinski definition) is 1. The summed E-state index contributed by atoms with van der Waals surface area (Å²) in [6.07, 6.45) is 2.08. The number of fused-ring (bicyclic) bond motifs is 3. The van der Waals surface area contributed by atoms with Crippen LogP contribution in [0, 0.1) is 5.92 Å². The number of nitrogens with zero attached hydrogens (tertiary/aromatic N) is 2. The highest BCUT2D eigenvalue weighted by Crippen LogP contribution is 2.38. The highest BCUT2D eigenvalue weighted by Gasteiger charge is 2.34. The normalized spacial score (nSPS) is 23.0. The number of aromatic nitrogens is 1. The Kier molecular flexibility index (Phi) is 5.66. The Morgan fingerprint density at radius 2 is 2.18 bits per heavy atom. The molecule has 2 atom stereocenters. The van der Waals surface area contributed by atoms with Crippen molar-refractivity contribution in [2.24, 2.45) is 5.92 Å². The summed E-state index contributed by atoms with van der Waals surface area (Å²) >= 11 is 6.22. The third-order valence-electron chi connectivity index (χ3n) is 6.09. The molecule has 1 saturated heterocycles. The summed E-state index contributed by atoms with van der Waals surface area (Å²) in [6, 6.07) is 6.02. The number of alkyl halides is 1. The van der Waals surface area contributed by atoms with Gasteiger partial charge >= 0.3 is 0 Å². The highest BCUT2D eigenvalue weighted by atomic mass is 35.5. The largest absolute Gasteiger partial charge is 0.356 e. The third kappa shape index (κ3) is 3.92. The van der Waals surface area contributed by atoms with E-state index in [2.05, 4.69) is 23.7 Å². The van der Waals surface area contributed by atoms with Gasteiger partial charge in [-0.1, -0.05) is 25.4 Å². The van der Waals surface area contributed by atoms with Crippen molar-refractivity contribution in [3.63, 3.8) is 0 Å². The molecule has 0 aliphatic carbocycles. The molecule has 1 amide bonds.